The van der Waals surface area contributed by atoms with Crippen molar-refractivity contribution in [1.29, 1.82) is 0 Å². The normalized spacial score (nSPS) is 26.2. The van der Waals surface area contributed by atoms with Gasteiger partial charge in [-0.25, -0.2) is 4.98 Å². The molecule has 2 atom stereocenters. The van der Waals surface area contributed by atoms with Crippen LogP contribution in [0.1, 0.15) is 29.8 Å². The SMILES string of the molecule is COc1cccc(C(=O)N2CC3CCCC3C2)n1. The average molecular weight is 246 g/mol. The zero-order valence-electron chi connectivity index (χ0n) is 10.6. The van der Waals surface area contributed by atoms with E-state index in [1.165, 1.54) is 19.3 Å². The molecule has 0 spiro atoms. The molecule has 0 N–H and O–H groups in total. The molecular formula is C14H18N2O2. The molecule has 2 heterocycles. The van der Waals surface area contributed by atoms with Crippen LogP contribution in [-0.2, 0) is 0 Å². The fourth-order valence-electron chi connectivity index (χ4n) is 3.21. The van der Waals surface area contributed by atoms with Crippen LogP contribution >= 0.6 is 0 Å². The smallest absolute Gasteiger partial charge is 0.272 e. The van der Waals surface area contributed by atoms with Crippen molar-refractivity contribution in [1.82, 2.24) is 9.88 Å². The first kappa shape index (κ1) is 11.5. The van der Waals surface area contributed by atoms with Gasteiger partial charge in [0.2, 0.25) is 5.88 Å². The summed E-state index contributed by atoms with van der Waals surface area (Å²) in [5, 5.41) is 0. The quantitative estimate of drug-likeness (QED) is 0.801. The van der Waals surface area contributed by atoms with Crippen molar-refractivity contribution in [2.75, 3.05) is 20.2 Å². The van der Waals surface area contributed by atoms with Gasteiger partial charge < -0.3 is 9.64 Å². The highest BCUT2D eigenvalue weighted by Crippen LogP contribution is 2.38. The molecule has 1 saturated carbocycles. The number of ether oxygens (including phenoxy) is 1. The minimum Gasteiger partial charge on any atom is -0.481 e. The number of pyridine rings is 1. The number of methoxy groups -OCH3 is 1. The lowest BCUT2D eigenvalue weighted by Gasteiger charge is -2.16. The van der Waals surface area contributed by atoms with Gasteiger partial charge in [0.1, 0.15) is 5.69 Å². The molecule has 1 aromatic heterocycles. The van der Waals surface area contributed by atoms with E-state index in [1.54, 1.807) is 19.2 Å². The lowest BCUT2D eigenvalue weighted by Crippen LogP contribution is -2.30. The molecule has 18 heavy (non-hydrogen) atoms. The number of amides is 1. The third kappa shape index (κ3) is 1.96. The summed E-state index contributed by atoms with van der Waals surface area (Å²) in [6.07, 6.45) is 3.88. The Labute approximate surface area is 107 Å². The van der Waals surface area contributed by atoms with Crippen LogP contribution in [0, 0.1) is 11.8 Å². The van der Waals surface area contributed by atoms with Gasteiger partial charge in [-0.3, -0.25) is 4.79 Å². The molecule has 2 aliphatic rings. The van der Waals surface area contributed by atoms with Gasteiger partial charge in [0, 0.05) is 19.2 Å². The second-order valence-corrected chi connectivity index (χ2v) is 5.23. The Morgan fingerprint density at radius 1 is 1.33 bits per heavy atom. The van der Waals surface area contributed by atoms with Crippen LogP contribution in [-0.4, -0.2) is 36.0 Å². The van der Waals surface area contributed by atoms with Crippen molar-refractivity contribution in [3.05, 3.63) is 23.9 Å². The van der Waals surface area contributed by atoms with Gasteiger partial charge in [-0.2, -0.15) is 0 Å². The molecule has 96 valence electrons. The summed E-state index contributed by atoms with van der Waals surface area (Å²) in [4.78, 5) is 18.5. The second-order valence-electron chi connectivity index (χ2n) is 5.23. The van der Waals surface area contributed by atoms with Crippen molar-refractivity contribution < 1.29 is 9.53 Å². The first-order chi connectivity index (χ1) is 8.78. The number of nitrogens with zero attached hydrogens (tertiary/aromatic N) is 2. The van der Waals surface area contributed by atoms with Crippen LogP contribution in [0.25, 0.3) is 0 Å². The van der Waals surface area contributed by atoms with Gasteiger partial charge >= 0.3 is 0 Å². The molecule has 1 aromatic rings. The van der Waals surface area contributed by atoms with Crippen LogP contribution in [0.5, 0.6) is 5.88 Å². The number of aromatic nitrogens is 1. The molecule has 0 radical (unpaired) electrons. The number of rotatable bonds is 2. The Morgan fingerprint density at radius 3 is 2.72 bits per heavy atom. The van der Waals surface area contributed by atoms with Crippen LogP contribution in [0.3, 0.4) is 0 Å². The first-order valence-corrected chi connectivity index (χ1v) is 6.58. The van der Waals surface area contributed by atoms with E-state index in [9.17, 15) is 4.79 Å². The van der Waals surface area contributed by atoms with Crippen LogP contribution < -0.4 is 4.74 Å². The topological polar surface area (TPSA) is 42.4 Å². The van der Waals surface area contributed by atoms with Gasteiger partial charge in [-0.05, 0) is 30.7 Å². The highest BCUT2D eigenvalue weighted by atomic mass is 16.5. The van der Waals surface area contributed by atoms with E-state index in [4.69, 9.17) is 4.74 Å². The zero-order chi connectivity index (χ0) is 12.5. The van der Waals surface area contributed by atoms with E-state index in [1.807, 2.05) is 11.0 Å². The van der Waals surface area contributed by atoms with Crippen LogP contribution in [0.15, 0.2) is 18.2 Å². The molecule has 1 aliphatic carbocycles. The standard InChI is InChI=1S/C14H18N2O2/c1-18-13-7-3-6-12(15-13)14(17)16-8-10-4-2-5-11(10)9-16/h3,6-7,10-11H,2,4-5,8-9H2,1H3. The molecule has 4 nitrogen and oxygen atoms in total. The lowest BCUT2D eigenvalue weighted by atomic mass is 10.0. The zero-order valence-corrected chi connectivity index (χ0v) is 10.6. The van der Waals surface area contributed by atoms with Crippen molar-refractivity contribution in [2.45, 2.75) is 19.3 Å². The molecule has 0 aromatic carbocycles. The lowest BCUT2D eigenvalue weighted by molar-refractivity contribution is 0.0774. The van der Waals surface area contributed by atoms with Crippen molar-refractivity contribution in [3.8, 4) is 5.88 Å². The van der Waals surface area contributed by atoms with E-state index < -0.39 is 0 Å². The monoisotopic (exact) mass is 246 g/mol. The van der Waals surface area contributed by atoms with Crippen LogP contribution in [0.4, 0.5) is 0 Å². The highest BCUT2D eigenvalue weighted by molar-refractivity contribution is 5.92. The fourth-order valence-corrected chi connectivity index (χ4v) is 3.21. The van der Waals surface area contributed by atoms with E-state index in [-0.39, 0.29) is 5.91 Å². The maximum absolute atomic E-state index is 12.4. The number of likely N-dealkylation sites (tertiary alicyclic amines) is 1. The molecule has 2 unspecified atom stereocenters. The fraction of sp³-hybridized carbons (Fsp3) is 0.571. The molecule has 1 amide bonds. The summed E-state index contributed by atoms with van der Waals surface area (Å²) in [5.41, 5.74) is 0.495. The molecular weight excluding hydrogens is 228 g/mol. The first-order valence-electron chi connectivity index (χ1n) is 6.58. The molecule has 0 bridgehead atoms. The minimum absolute atomic E-state index is 0.0447. The largest absolute Gasteiger partial charge is 0.481 e. The third-order valence-electron chi connectivity index (χ3n) is 4.17. The van der Waals surface area contributed by atoms with Gasteiger partial charge in [0.25, 0.3) is 5.91 Å². The molecule has 4 heteroatoms. The predicted octanol–water partition coefficient (Wildman–Crippen LogP) is 1.96. The van der Waals surface area contributed by atoms with Gasteiger partial charge in [0.05, 0.1) is 7.11 Å². The minimum atomic E-state index is 0.0447. The van der Waals surface area contributed by atoms with Crippen molar-refractivity contribution in [3.63, 3.8) is 0 Å². The molecule has 2 fully saturated rings. The van der Waals surface area contributed by atoms with Crippen LogP contribution in [0.2, 0.25) is 0 Å². The van der Waals surface area contributed by atoms with Gasteiger partial charge in [0.15, 0.2) is 0 Å². The maximum Gasteiger partial charge on any atom is 0.272 e. The number of fused-ring (bicyclic) bond motifs is 1. The summed E-state index contributed by atoms with van der Waals surface area (Å²) in [6, 6.07) is 5.34. The summed E-state index contributed by atoms with van der Waals surface area (Å²) in [7, 11) is 1.57. The van der Waals surface area contributed by atoms with E-state index in [0.717, 1.165) is 24.9 Å². The number of carbonyl (C=O) groups is 1. The van der Waals surface area contributed by atoms with Crippen molar-refractivity contribution >= 4 is 5.91 Å². The third-order valence-corrected chi connectivity index (χ3v) is 4.17. The predicted molar refractivity (Wildman–Crippen MR) is 67.5 cm³/mol. The number of hydrogen-bond acceptors (Lipinski definition) is 3. The molecule has 3 rings (SSSR count). The number of carbonyl (C=O) groups excluding carboxylic acids is 1. The van der Waals surface area contributed by atoms with Crippen molar-refractivity contribution in [2.24, 2.45) is 11.8 Å². The Kier molecular flexibility index (Phi) is 2.94. The average Bonchev–Trinajstić information content (AvgIpc) is 2.98. The Hall–Kier alpha value is -1.58. The van der Waals surface area contributed by atoms with E-state index in [0.29, 0.717) is 11.6 Å². The maximum atomic E-state index is 12.4. The Balaban J connectivity index is 1.74. The number of hydrogen-bond donors (Lipinski definition) is 0. The second kappa shape index (κ2) is 4.59. The summed E-state index contributed by atoms with van der Waals surface area (Å²) < 4.78 is 5.06. The Bertz CT molecular complexity index is 449. The van der Waals surface area contributed by atoms with E-state index >= 15 is 0 Å². The highest BCUT2D eigenvalue weighted by Gasteiger charge is 2.38. The summed E-state index contributed by atoms with van der Waals surface area (Å²) in [6.45, 7) is 1.81. The van der Waals surface area contributed by atoms with E-state index in [2.05, 4.69) is 4.98 Å². The molecule has 1 aliphatic heterocycles. The summed E-state index contributed by atoms with van der Waals surface area (Å²) >= 11 is 0. The Morgan fingerprint density at radius 2 is 2.06 bits per heavy atom. The van der Waals surface area contributed by atoms with Gasteiger partial charge in [-0.15, -0.1) is 0 Å². The molecule has 1 saturated heterocycles. The van der Waals surface area contributed by atoms with Gasteiger partial charge in [-0.1, -0.05) is 12.5 Å². The summed E-state index contributed by atoms with van der Waals surface area (Å²) in [5.74, 6) is 1.99.